The van der Waals surface area contributed by atoms with Crippen LogP contribution in [0.5, 0.6) is 0 Å². The third-order valence-electron chi connectivity index (χ3n) is 5.15. The minimum atomic E-state index is -0.346. The fourth-order valence-electron chi connectivity index (χ4n) is 3.17. The molecule has 0 atom stereocenters. The summed E-state index contributed by atoms with van der Waals surface area (Å²) in [5, 5.41) is 3.06. The van der Waals surface area contributed by atoms with E-state index in [2.05, 4.69) is 52.0 Å². The van der Waals surface area contributed by atoms with Crippen molar-refractivity contribution < 1.29 is 9.31 Å². The molecule has 0 amide bonds. The van der Waals surface area contributed by atoms with Crippen LogP contribution in [0.25, 0.3) is 22.3 Å². The summed E-state index contributed by atoms with van der Waals surface area (Å²) in [6.07, 6.45) is 2.16. The lowest BCUT2D eigenvalue weighted by Gasteiger charge is -2.32. The van der Waals surface area contributed by atoms with Gasteiger partial charge in [-0.05, 0) is 55.7 Å². The normalized spacial score (nSPS) is 21.5. The third kappa shape index (κ3) is 1.83. The third-order valence-corrected chi connectivity index (χ3v) is 5.48. The van der Waals surface area contributed by atoms with E-state index in [0.717, 1.165) is 21.4 Å². The molecule has 1 heterocycles. The topological polar surface area (TPSA) is 18.5 Å². The fourth-order valence-corrected chi connectivity index (χ4v) is 3.39. The van der Waals surface area contributed by atoms with Crippen LogP contribution in [0.1, 0.15) is 38.8 Å². The Bertz CT molecular complexity index is 807. The Morgan fingerprint density at radius 3 is 2.32 bits per heavy atom. The van der Waals surface area contributed by atoms with Crippen LogP contribution >= 0.6 is 11.6 Å². The standard InChI is InChI=1S/C18H18BClO2/c1-17(2)18(3,4)22-19(21-17)14-10-11-6-5-7-13-15(20)9-8-12(14)16(11)13/h5-10H,1-4H3. The summed E-state index contributed by atoms with van der Waals surface area (Å²) in [4.78, 5) is 0. The van der Waals surface area contributed by atoms with Crippen LogP contribution in [0, 0.1) is 0 Å². The van der Waals surface area contributed by atoms with Gasteiger partial charge >= 0.3 is 7.12 Å². The first-order valence-corrected chi connectivity index (χ1v) is 7.97. The first-order chi connectivity index (χ1) is 10.3. The van der Waals surface area contributed by atoms with E-state index in [1.54, 1.807) is 0 Å². The van der Waals surface area contributed by atoms with Gasteiger partial charge in [-0.2, -0.15) is 0 Å². The molecule has 4 rings (SSSR count). The average Bonchev–Trinajstić information content (AvgIpc) is 2.91. The second kappa shape index (κ2) is 4.38. The predicted octanol–water partition coefficient (Wildman–Crippen LogP) is 4.98. The van der Waals surface area contributed by atoms with Crippen molar-refractivity contribution in [2.24, 2.45) is 0 Å². The van der Waals surface area contributed by atoms with Gasteiger partial charge in [0.1, 0.15) is 0 Å². The number of hydrogen-bond acceptors (Lipinski definition) is 2. The molecule has 2 aromatic rings. The van der Waals surface area contributed by atoms with Gasteiger partial charge in [0, 0.05) is 10.4 Å². The van der Waals surface area contributed by atoms with Crippen molar-refractivity contribution in [2.75, 3.05) is 0 Å². The van der Waals surface area contributed by atoms with Crippen molar-refractivity contribution >= 4 is 41.0 Å². The van der Waals surface area contributed by atoms with Crippen molar-refractivity contribution in [3.05, 3.63) is 46.5 Å². The van der Waals surface area contributed by atoms with Gasteiger partial charge in [-0.15, -0.1) is 0 Å². The molecule has 0 aromatic heterocycles. The molecule has 0 bridgehead atoms. The maximum absolute atomic E-state index is 6.34. The van der Waals surface area contributed by atoms with E-state index in [-0.39, 0.29) is 18.3 Å². The molecule has 0 saturated carbocycles. The molecule has 1 saturated heterocycles. The fraction of sp³-hybridized carbons (Fsp3) is 0.333. The predicted molar refractivity (Wildman–Crippen MR) is 92.9 cm³/mol. The van der Waals surface area contributed by atoms with Gasteiger partial charge in [0.25, 0.3) is 0 Å². The first-order valence-electron chi connectivity index (χ1n) is 7.59. The maximum atomic E-state index is 6.34. The quantitative estimate of drug-likeness (QED) is 0.691. The zero-order chi connectivity index (χ0) is 15.7. The molecule has 1 aliphatic carbocycles. The Kier molecular flexibility index (Phi) is 2.85. The molecule has 1 aliphatic heterocycles. The van der Waals surface area contributed by atoms with E-state index in [1.165, 1.54) is 10.9 Å². The van der Waals surface area contributed by atoms with Crippen LogP contribution in [-0.2, 0) is 9.31 Å². The number of rotatable bonds is 1. The van der Waals surface area contributed by atoms with E-state index < -0.39 is 0 Å². The van der Waals surface area contributed by atoms with Gasteiger partial charge in [0.05, 0.1) is 11.2 Å². The van der Waals surface area contributed by atoms with Gasteiger partial charge < -0.3 is 9.31 Å². The Balaban J connectivity index is 1.84. The molecule has 0 radical (unpaired) electrons. The summed E-state index contributed by atoms with van der Waals surface area (Å²) in [7, 11) is -0.346. The van der Waals surface area contributed by atoms with Gasteiger partial charge in [-0.3, -0.25) is 0 Å². The largest absolute Gasteiger partial charge is 0.495 e. The maximum Gasteiger partial charge on any atom is 0.495 e. The first kappa shape index (κ1) is 14.3. The summed E-state index contributed by atoms with van der Waals surface area (Å²) >= 11 is 6.34. The van der Waals surface area contributed by atoms with E-state index >= 15 is 0 Å². The Labute approximate surface area is 136 Å². The summed E-state index contributed by atoms with van der Waals surface area (Å²) in [5.74, 6) is 0. The van der Waals surface area contributed by atoms with Crippen LogP contribution < -0.4 is 0 Å². The molecular formula is C18H18BClO2. The molecular weight excluding hydrogens is 294 g/mol. The number of halogens is 1. The van der Waals surface area contributed by atoms with Crippen molar-refractivity contribution in [1.29, 1.82) is 0 Å². The van der Waals surface area contributed by atoms with Crippen LogP contribution in [0.3, 0.4) is 0 Å². The van der Waals surface area contributed by atoms with Crippen molar-refractivity contribution in [3.63, 3.8) is 0 Å². The highest BCUT2D eigenvalue weighted by Crippen LogP contribution is 2.46. The molecule has 0 unspecified atom stereocenters. The van der Waals surface area contributed by atoms with Gasteiger partial charge in [0.2, 0.25) is 0 Å². The van der Waals surface area contributed by atoms with Crippen LogP contribution in [0.4, 0.5) is 0 Å². The smallest absolute Gasteiger partial charge is 0.399 e. The SMILES string of the molecule is CC1(C)OB(C2=Cc3cccc4c(Cl)ccc2c34)OC1(C)C. The molecule has 4 heteroatoms. The van der Waals surface area contributed by atoms with Crippen molar-refractivity contribution in [1.82, 2.24) is 0 Å². The molecule has 0 N–H and O–H groups in total. The molecule has 2 aliphatic rings. The molecule has 2 aromatic carbocycles. The molecule has 0 spiro atoms. The van der Waals surface area contributed by atoms with E-state index in [0.29, 0.717) is 0 Å². The van der Waals surface area contributed by atoms with Crippen LogP contribution in [-0.4, -0.2) is 18.3 Å². The number of hydrogen-bond donors (Lipinski definition) is 0. The lowest BCUT2D eigenvalue weighted by atomic mass is 9.75. The van der Waals surface area contributed by atoms with Crippen LogP contribution in [0.15, 0.2) is 30.3 Å². The number of benzene rings is 2. The van der Waals surface area contributed by atoms with E-state index in [9.17, 15) is 0 Å². The lowest BCUT2D eigenvalue weighted by molar-refractivity contribution is 0.00578. The minimum absolute atomic E-state index is 0.335. The Hall–Kier alpha value is -1.29. The average molecular weight is 313 g/mol. The molecule has 2 nitrogen and oxygen atoms in total. The minimum Gasteiger partial charge on any atom is -0.399 e. The molecule has 22 heavy (non-hydrogen) atoms. The lowest BCUT2D eigenvalue weighted by Crippen LogP contribution is -2.41. The highest BCUT2D eigenvalue weighted by Gasteiger charge is 2.53. The van der Waals surface area contributed by atoms with Gasteiger partial charge in [-0.25, -0.2) is 0 Å². The summed E-state index contributed by atoms with van der Waals surface area (Å²) in [6.45, 7) is 8.31. The monoisotopic (exact) mass is 312 g/mol. The second-order valence-electron chi connectivity index (χ2n) is 7.05. The zero-order valence-corrected chi connectivity index (χ0v) is 14.0. The van der Waals surface area contributed by atoms with Crippen molar-refractivity contribution in [2.45, 2.75) is 38.9 Å². The second-order valence-corrected chi connectivity index (χ2v) is 7.46. The highest BCUT2D eigenvalue weighted by atomic mass is 35.5. The van der Waals surface area contributed by atoms with E-state index in [1.807, 2.05) is 12.1 Å². The van der Waals surface area contributed by atoms with Gasteiger partial charge in [-0.1, -0.05) is 41.9 Å². The molecule has 112 valence electrons. The van der Waals surface area contributed by atoms with E-state index in [4.69, 9.17) is 20.9 Å². The summed E-state index contributed by atoms with van der Waals surface area (Å²) in [6, 6.07) is 10.2. The molecule has 1 fully saturated rings. The van der Waals surface area contributed by atoms with Crippen LogP contribution in [0.2, 0.25) is 5.02 Å². The highest BCUT2D eigenvalue weighted by molar-refractivity contribution is 6.72. The Morgan fingerprint density at radius 1 is 0.955 bits per heavy atom. The Morgan fingerprint density at radius 2 is 1.64 bits per heavy atom. The summed E-state index contributed by atoms with van der Waals surface area (Å²) < 4.78 is 12.4. The van der Waals surface area contributed by atoms with Crippen molar-refractivity contribution in [3.8, 4) is 0 Å². The van der Waals surface area contributed by atoms with Gasteiger partial charge in [0.15, 0.2) is 0 Å². The zero-order valence-electron chi connectivity index (χ0n) is 13.2. The summed E-state index contributed by atoms with van der Waals surface area (Å²) in [5.41, 5.74) is 2.76.